The highest BCUT2D eigenvalue weighted by molar-refractivity contribution is 5.88. The number of rotatable bonds is 4. The summed E-state index contributed by atoms with van der Waals surface area (Å²) in [6.07, 6.45) is 0. The van der Waals surface area contributed by atoms with Crippen molar-refractivity contribution in [3.05, 3.63) is 60.7 Å². The van der Waals surface area contributed by atoms with Gasteiger partial charge in [0.1, 0.15) is 11.5 Å². The maximum Gasteiger partial charge on any atom is 0.348 e. The molecule has 0 aliphatic rings. The van der Waals surface area contributed by atoms with Gasteiger partial charge in [0.15, 0.2) is 0 Å². The Morgan fingerprint density at radius 2 is 1.40 bits per heavy atom. The first-order valence-corrected chi connectivity index (χ1v) is 7.96. The van der Waals surface area contributed by atoms with Gasteiger partial charge in [0.25, 0.3) is 0 Å². The lowest BCUT2D eigenvalue weighted by Gasteiger charge is -2.13. The van der Waals surface area contributed by atoms with E-state index < -0.39 is 11.6 Å². The van der Waals surface area contributed by atoms with Crippen LogP contribution in [0, 0.1) is 0 Å². The first kappa shape index (κ1) is 17.0. The number of methoxy groups -OCH3 is 1. The predicted octanol–water partition coefficient (Wildman–Crippen LogP) is 5.17. The molecule has 0 amide bonds. The number of esters is 1. The second-order valence-corrected chi connectivity index (χ2v) is 6.31. The zero-order chi connectivity index (χ0) is 18.0. The minimum Gasteiger partial charge on any atom is -0.497 e. The fourth-order valence-electron chi connectivity index (χ4n) is 2.47. The molecule has 0 radical (unpaired) electrons. The van der Waals surface area contributed by atoms with Crippen molar-refractivity contribution in [3.63, 3.8) is 0 Å². The van der Waals surface area contributed by atoms with Gasteiger partial charge >= 0.3 is 5.97 Å². The Bertz CT molecular complexity index is 909. The van der Waals surface area contributed by atoms with Gasteiger partial charge in [-0.15, -0.1) is 0 Å². The molecule has 3 rings (SSSR count). The molecule has 128 valence electrons. The lowest BCUT2D eigenvalue weighted by atomic mass is 10.0. The average Bonchev–Trinajstić information content (AvgIpc) is 2.60. The molecule has 0 aromatic heterocycles. The number of fused-ring (bicyclic) bond motifs is 1. The summed E-state index contributed by atoms with van der Waals surface area (Å²) in [7, 11) is 1.65. The number of hydrogen-bond acceptors (Lipinski definition) is 3. The third kappa shape index (κ3) is 3.79. The first-order chi connectivity index (χ1) is 11.9. The monoisotopic (exact) mass is 338 g/mol. The molecular weight excluding hydrogens is 319 g/mol. The van der Waals surface area contributed by atoms with E-state index >= 15 is 0 Å². The van der Waals surface area contributed by atoms with Crippen LogP contribution in [0.1, 0.15) is 13.8 Å². The number of carbonyl (C=O) groups is 1. The highest BCUT2D eigenvalue weighted by atomic mass is 19.1. The summed E-state index contributed by atoms with van der Waals surface area (Å²) in [6.45, 7) is 2.35. The van der Waals surface area contributed by atoms with E-state index in [-0.39, 0.29) is 0 Å². The largest absolute Gasteiger partial charge is 0.497 e. The van der Waals surface area contributed by atoms with Crippen LogP contribution in [0.15, 0.2) is 60.7 Å². The van der Waals surface area contributed by atoms with Crippen LogP contribution in [-0.4, -0.2) is 18.7 Å². The van der Waals surface area contributed by atoms with Gasteiger partial charge in [-0.25, -0.2) is 9.18 Å². The van der Waals surface area contributed by atoms with E-state index in [9.17, 15) is 9.18 Å². The molecule has 0 heterocycles. The van der Waals surface area contributed by atoms with Crippen molar-refractivity contribution in [2.45, 2.75) is 19.5 Å². The molecular formula is C21H19FO3. The molecule has 3 aromatic carbocycles. The molecule has 0 saturated carbocycles. The van der Waals surface area contributed by atoms with Gasteiger partial charge in [-0.05, 0) is 66.1 Å². The van der Waals surface area contributed by atoms with Crippen LogP contribution < -0.4 is 9.47 Å². The fourth-order valence-corrected chi connectivity index (χ4v) is 2.47. The van der Waals surface area contributed by atoms with Crippen LogP contribution in [0.5, 0.6) is 11.5 Å². The van der Waals surface area contributed by atoms with E-state index in [4.69, 9.17) is 9.47 Å². The Morgan fingerprint density at radius 3 is 2.04 bits per heavy atom. The number of benzene rings is 3. The molecule has 25 heavy (non-hydrogen) atoms. The zero-order valence-corrected chi connectivity index (χ0v) is 14.4. The van der Waals surface area contributed by atoms with Gasteiger partial charge < -0.3 is 9.47 Å². The van der Waals surface area contributed by atoms with Crippen LogP contribution >= 0.6 is 0 Å². The van der Waals surface area contributed by atoms with Gasteiger partial charge in [0.2, 0.25) is 5.67 Å². The van der Waals surface area contributed by atoms with E-state index in [1.807, 2.05) is 42.5 Å². The summed E-state index contributed by atoms with van der Waals surface area (Å²) in [5.74, 6) is 0.243. The standard InChI is InChI=1S/C21H19FO3/c1-21(2,22)20(23)25-18-9-6-14(7-10-18)15-4-5-17-13-19(24-3)11-8-16(17)12-15/h4-13H,1-3H3. The van der Waals surface area contributed by atoms with Crippen molar-refractivity contribution >= 4 is 16.7 Å². The Morgan fingerprint density at radius 1 is 0.840 bits per heavy atom. The van der Waals surface area contributed by atoms with Crippen LogP contribution in [0.25, 0.3) is 21.9 Å². The number of hydrogen-bond donors (Lipinski definition) is 0. The Kier molecular flexibility index (Phi) is 4.45. The topological polar surface area (TPSA) is 35.5 Å². The maximum atomic E-state index is 13.5. The minimum absolute atomic E-state index is 0.324. The second kappa shape index (κ2) is 6.55. The lowest BCUT2D eigenvalue weighted by Crippen LogP contribution is -2.30. The molecule has 0 saturated heterocycles. The molecule has 3 nitrogen and oxygen atoms in total. The highest BCUT2D eigenvalue weighted by Crippen LogP contribution is 2.28. The summed E-state index contributed by atoms with van der Waals surface area (Å²) < 4.78 is 23.8. The quantitative estimate of drug-likeness (QED) is 0.486. The summed E-state index contributed by atoms with van der Waals surface area (Å²) in [5, 5.41) is 2.20. The number of alkyl halides is 1. The number of halogens is 1. The van der Waals surface area contributed by atoms with Crippen molar-refractivity contribution in [2.24, 2.45) is 0 Å². The van der Waals surface area contributed by atoms with Gasteiger partial charge in [-0.3, -0.25) is 0 Å². The molecule has 4 heteroatoms. The Balaban J connectivity index is 1.84. The SMILES string of the molecule is COc1ccc2cc(-c3ccc(OC(=O)C(C)(C)F)cc3)ccc2c1. The highest BCUT2D eigenvalue weighted by Gasteiger charge is 2.28. The summed E-state index contributed by atoms with van der Waals surface area (Å²) in [6, 6.07) is 19.1. The molecule has 3 aromatic rings. The fraction of sp³-hybridized carbons (Fsp3) is 0.190. The van der Waals surface area contributed by atoms with Crippen LogP contribution in [0.2, 0.25) is 0 Å². The number of carbonyl (C=O) groups excluding carboxylic acids is 1. The van der Waals surface area contributed by atoms with Crippen LogP contribution in [0.4, 0.5) is 4.39 Å². The summed E-state index contributed by atoms with van der Waals surface area (Å²) in [4.78, 5) is 11.6. The Labute approximate surface area is 146 Å². The molecule has 0 unspecified atom stereocenters. The third-order valence-corrected chi connectivity index (χ3v) is 3.93. The van der Waals surface area contributed by atoms with Crippen molar-refractivity contribution in [1.82, 2.24) is 0 Å². The smallest absolute Gasteiger partial charge is 0.348 e. The molecule has 0 spiro atoms. The zero-order valence-electron chi connectivity index (χ0n) is 14.4. The van der Waals surface area contributed by atoms with E-state index in [2.05, 4.69) is 6.07 Å². The van der Waals surface area contributed by atoms with Crippen molar-refractivity contribution in [3.8, 4) is 22.6 Å². The molecule has 0 bridgehead atoms. The number of ether oxygens (including phenoxy) is 2. The summed E-state index contributed by atoms with van der Waals surface area (Å²) in [5.41, 5.74) is 0.0105. The van der Waals surface area contributed by atoms with Crippen molar-refractivity contribution in [2.75, 3.05) is 7.11 Å². The maximum absolute atomic E-state index is 13.5. The molecule has 0 N–H and O–H groups in total. The average molecular weight is 338 g/mol. The van der Waals surface area contributed by atoms with Gasteiger partial charge in [0, 0.05) is 0 Å². The van der Waals surface area contributed by atoms with E-state index in [1.165, 1.54) is 13.8 Å². The van der Waals surface area contributed by atoms with Crippen LogP contribution in [-0.2, 0) is 4.79 Å². The van der Waals surface area contributed by atoms with E-state index in [1.54, 1.807) is 19.2 Å². The first-order valence-electron chi connectivity index (χ1n) is 7.96. The van der Waals surface area contributed by atoms with E-state index in [0.29, 0.717) is 5.75 Å². The predicted molar refractivity (Wildman–Crippen MR) is 96.8 cm³/mol. The minimum atomic E-state index is -2.02. The van der Waals surface area contributed by atoms with Gasteiger partial charge in [0.05, 0.1) is 7.11 Å². The Hall–Kier alpha value is -2.88. The summed E-state index contributed by atoms with van der Waals surface area (Å²) >= 11 is 0. The molecule has 0 aliphatic carbocycles. The lowest BCUT2D eigenvalue weighted by molar-refractivity contribution is -0.145. The molecule has 0 fully saturated rings. The van der Waals surface area contributed by atoms with Crippen molar-refractivity contribution in [1.29, 1.82) is 0 Å². The van der Waals surface area contributed by atoms with E-state index in [0.717, 1.165) is 27.6 Å². The van der Waals surface area contributed by atoms with Crippen molar-refractivity contribution < 1.29 is 18.7 Å². The second-order valence-electron chi connectivity index (χ2n) is 6.31. The molecule has 0 atom stereocenters. The normalized spacial score (nSPS) is 11.4. The van der Waals surface area contributed by atoms with Gasteiger partial charge in [-0.2, -0.15) is 0 Å². The third-order valence-electron chi connectivity index (χ3n) is 3.93. The van der Waals surface area contributed by atoms with Gasteiger partial charge in [-0.1, -0.05) is 30.3 Å². The van der Waals surface area contributed by atoms with Crippen LogP contribution in [0.3, 0.4) is 0 Å². The molecule has 0 aliphatic heterocycles.